The molecule has 0 radical (unpaired) electrons. The number of rotatable bonds is 8. The third kappa shape index (κ3) is 6.46. The number of methoxy groups -OCH3 is 1. The van der Waals surface area contributed by atoms with E-state index < -0.39 is 5.91 Å². The van der Waals surface area contributed by atoms with Gasteiger partial charge in [-0.3, -0.25) is 14.4 Å². The van der Waals surface area contributed by atoms with Crippen LogP contribution in [0.5, 0.6) is 0 Å². The first-order valence-electron chi connectivity index (χ1n) is 9.94. The van der Waals surface area contributed by atoms with Crippen molar-refractivity contribution in [1.29, 1.82) is 0 Å². The molecule has 1 saturated heterocycles. The van der Waals surface area contributed by atoms with E-state index in [-0.39, 0.29) is 27.7 Å². The molecule has 0 bridgehead atoms. The average molecular weight is 466 g/mol. The fourth-order valence-corrected chi connectivity index (χ4v) is 4.04. The van der Waals surface area contributed by atoms with Crippen LogP contribution in [0.15, 0.2) is 24.3 Å². The molecule has 2 N–H and O–H groups in total. The van der Waals surface area contributed by atoms with Crippen molar-refractivity contribution in [2.45, 2.75) is 19.3 Å². The van der Waals surface area contributed by atoms with Gasteiger partial charge in [-0.25, -0.2) is 0 Å². The minimum atomic E-state index is -0.453. The third-order valence-corrected chi connectivity index (χ3v) is 5.97. The van der Waals surface area contributed by atoms with Crippen LogP contribution in [0.1, 0.15) is 38.9 Å². The lowest BCUT2D eigenvalue weighted by atomic mass is 9.97. The highest BCUT2D eigenvalue weighted by atomic mass is 35.5. The molecule has 3 amide bonds. The average Bonchev–Trinajstić information content (AvgIpc) is 3.28. The first-order chi connectivity index (χ1) is 15.0. The van der Waals surface area contributed by atoms with E-state index in [2.05, 4.69) is 20.8 Å². The predicted molar refractivity (Wildman–Crippen MR) is 117 cm³/mol. The summed E-state index contributed by atoms with van der Waals surface area (Å²) in [5, 5.41) is 14.1. The van der Waals surface area contributed by atoms with Gasteiger partial charge in [-0.2, -0.15) is 0 Å². The fraction of sp³-hybridized carbons (Fsp3) is 0.450. The lowest BCUT2D eigenvalue weighted by molar-refractivity contribution is -0.126. The number of aromatic nitrogens is 2. The van der Waals surface area contributed by atoms with Crippen LogP contribution in [-0.2, 0) is 9.53 Å². The maximum atomic E-state index is 12.8. The number of carbonyl (C=O) groups excluding carboxylic acids is 3. The molecule has 3 rings (SSSR count). The Bertz CT molecular complexity index is 921. The molecule has 0 saturated carbocycles. The molecule has 1 aromatic carbocycles. The Morgan fingerprint density at radius 2 is 1.97 bits per heavy atom. The van der Waals surface area contributed by atoms with Gasteiger partial charge in [-0.1, -0.05) is 22.9 Å². The number of anilines is 1. The van der Waals surface area contributed by atoms with Gasteiger partial charge in [0.05, 0.1) is 5.92 Å². The number of nitrogens with zero attached hydrogens (tertiary/aromatic N) is 3. The number of ether oxygens (including phenoxy) is 1. The number of carbonyl (C=O) groups is 3. The van der Waals surface area contributed by atoms with Crippen molar-refractivity contribution in [3.63, 3.8) is 0 Å². The molecule has 1 atom stereocenters. The maximum absolute atomic E-state index is 12.8. The second-order valence-corrected chi connectivity index (χ2v) is 8.52. The molecule has 166 valence electrons. The zero-order chi connectivity index (χ0) is 22.2. The Hall–Kier alpha value is -2.56. The molecular weight excluding hydrogens is 442 g/mol. The number of amides is 3. The second kappa shape index (κ2) is 11.2. The van der Waals surface area contributed by atoms with Gasteiger partial charge in [0.2, 0.25) is 15.9 Å². The van der Waals surface area contributed by atoms with Crippen molar-refractivity contribution >= 4 is 46.3 Å². The Morgan fingerprint density at radius 3 is 2.71 bits per heavy atom. The van der Waals surface area contributed by atoms with Crippen molar-refractivity contribution < 1.29 is 19.1 Å². The van der Waals surface area contributed by atoms with Crippen LogP contribution in [0.3, 0.4) is 0 Å². The van der Waals surface area contributed by atoms with E-state index in [0.29, 0.717) is 37.0 Å². The van der Waals surface area contributed by atoms with Crippen molar-refractivity contribution in [3.05, 3.63) is 39.3 Å². The first-order valence-corrected chi connectivity index (χ1v) is 11.1. The van der Waals surface area contributed by atoms with E-state index in [0.717, 1.165) is 30.6 Å². The number of hydrogen-bond donors (Lipinski definition) is 2. The summed E-state index contributed by atoms with van der Waals surface area (Å²) >= 11 is 6.77. The van der Waals surface area contributed by atoms with Gasteiger partial charge < -0.3 is 20.3 Å². The zero-order valence-corrected chi connectivity index (χ0v) is 18.7. The van der Waals surface area contributed by atoms with Crippen molar-refractivity contribution in [1.82, 2.24) is 20.4 Å². The van der Waals surface area contributed by atoms with Crippen molar-refractivity contribution in [2.75, 3.05) is 38.7 Å². The van der Waals surface area contributed by atoms with E-state index in [1.54, 1.807) is 36.3 Å². The monoisotopic (exact) mass is 465 g/mol. The Balaban J connectivity index is 1.56. The molecule has 0 aliphatic carbocycles. The zero-order valence-electron chi connectivity index (χ0n) is 17.1. The summed E-state index contributed by atoms with van der Waals surface area (Å²) in [4.78, 5) is 39.2. The number of nitrogens with one attached hydrogen (secondary N) is 2. The first kappa shape index (κ1) is 23.1. The van der Waals surface area contributed by atoms with Crippen LogP contribution in [-0.4, -0.2) is 66.2 Å². The molecule has 1 aliphatic heterocycles. The topological polar surface area (TPSA) is 114 Å². The van der Waals surface area contributed by atoms with Crippen LogP contribution >= 0.6 is 22.9 Å². The molecule has 31 heavy (non-hydrogen) atoms. The summed E-state index contributed by atoms with van der Waals surface area (Å²) in [7, 11) is 1.62. The second-order valence-electron chi connectivity index (χ2n) is 7.10. The number of likely N-dealkylation sites (tertiary alicyclic amines) is 1. The van der Waals surface area contributed by atoms with Crippen molar-refractivity contribution in [3.8, 4) is 0 Å². The molecule has 11 heteroatoms. The summed E-state index contributed by atoms with van der Waals surface area (Å²) in [5.74, 6) is -1.10. The molecule has 1 fully saturated rings. The van der Waals surface area contributed by atoms with Crippen LogP contribution in [0, 0.1) is 5.92 Å². The summed E-state index contributed by atoms with van der Waals surface area (Å²) in [5.41, 5.74) is 0.563. The van der Waals surface area contributed by atoms with Gasteiger partial charge in [0.1, 0.15) is 0 Å². The van der Waals surface area contributed by atoms with Gasteiger partial charge >= 0.3 is 0 Å². The third-order valence-electron chi connectivity index (χ3n) is 4.81. The minimum absolute atomic E-state index is 0.0612. The lowest BCUT2D eigenvalue weighted by Gasteiger charge is -2.31. The highest BCUT2D eigenvalue weighted by molar-refractivity contribution is 7.15. The number of piperidine rings is 1. The Labute approximate surface area is 189 Å². The van der Waals surface area contributed by atoms with Crippen LogP contribution in [0.2, 0.25) is 5.02 Å². The molecule has 0 spiro atoms. The van der Waals surface area contributed by atoms with Gasteiger partial charge in [-0.05, 0) is 43.5 Å². The molecular formula is C20H24ClN5O4S. The summed E-state index contributed by atoms with van der Waals surface area (Å²) in [6, 6.07) is 6.66. The number of halogens is 1. The van der Waals surface area contributed by atoms with Gasteiger partial charge in [-0.15, -0.1) is 10.2 Å². The normalized spacial score (nSPS) is 16.1. The highest BCUT2D eigenvalue weighted by Gasteiger charge is 2.30. The summed E-state index contributed by atoms with van der Waals surface area (Å²) in [6.45, 7) is 1.99. The van der Waals surface area contributed by atoms with E-state index in [4.69, 9.17) is 16.3 Å². The van der Waals surface area contributed by atoms with Crippen LogP contribution in [0.25, 0.3) is 0 Å². The smallest absolute Gasteiger partial charge is 0.286 e. The minimum Gasteiger partial charge on any atom is -0.385 e. The van der Waals surface area contributed by atoms with Gasteiger partial charge in [0.15, 0.2) is 0 Å². The number of benzene rings is 1. The molecule has 1 unspecified atom stereocenters. The van der Waals surface area contributed by atoms with E-state index >= 15 is 0 Å². The fourth-order valence-electron chi connectivity index (χ4n) is 3.20. The van der Waals surface area contributed by atoms with Crippen LogP contribution in [0.4, 0.5) is 5.69 Å². The Kier molecular flexibility index (Phi) is 8.33. The molecule has 1 aliphatic rings. The molecule has 1 aromatic heterocycles. The van der Waals surface area contributed by atoms with Gasteiger partial charge in [0, 0.05) is 44.1 Å². The SMILES string of the molecule is COCCCNC(=O)C1CCCN(C(=O)c2nnc(C(=O)Nc3ccc(Cl)cc3)s2)C1. The summed E-state index contributed by atoms with van der Waals surface area (Å²) < 4.78 is 4.97. The van der Waals surface area contributed by atoms with Crippen molar-refractivity contribution in [2.24, 2.45) is 5.92 Å². The van der Waals surface area contributed by atoms with Crippen LogP contribution < -0.4 is 10.6 Å². The standard InChI is InChI=1S/C20H24ClN5O4S/c1-30-11-3-9-22-16(27)13-4-2-10-26(12-13)20(29)19-25-24-18(31-19)17(28)23-15-7-5-14(21)6-8-15/h5-8,13H,2-4,9-12H2,1H3,(H,22,27)(H,23,28). The molecule has 9 nitrogen and oxygen atoms in total. The van der Waals surface area contributed by atoms with E-state index in [9.17, 15) is 14.4 Å². The number of hydrogen-bond acceptors (Lipinski definition) is 7. The summed E-state index contributed by atoms with van der Waals surface area (Å²) in [6.07, 6.45) is 2.19. The predicted octanol–water partition coefficient (Wildman–Crippen LogP) is 2.45. The largest absolute Gasteiger partial charge is 0.385 e. The maximum Gasteiger partial charge on any atom is 0.286 e. The lowest BCUT2D eigenvalue weighted by Crippen LogP contribution is -2.45. The van der Waals surface area contributed by atoms with E-state index in [1.165, 1.54) is 0 Å². The molecule has 2 aromatic rings. The Morgan fingerprint density at radius 1 is 1.23 bits per heavy atom. The molecule has 2 heterocycles. The van der Waals surface area contributed by atoms with Gasteiger partial charge in [0.25, 0.3) is 11.8 Å². The van der Waals surface area contributed by atoms with E-state index in [1.807, 2.05) is 0 Å². The highest BCUT2D eigenvalue weighted by Crippen LogP contribution is 2.21. The quantitative estimate of drug-likeness (QED) is 0.579.